The van der Waals surface area contributed by atoms with Gasteiger partial charge in [-0.1, -0.05) is 0 Å². The lowest BCUT2D eigenvalue weighted by molar-refractivity contribution is -0.141. The Bertz CT molecular complexity index is 364. The average Bonchev–Trinajstić information content (AvgIpc) is 2.81. The van der Waals surface area contributed by atoms with Crippen molar-refractivity contribution >= 4 is 22.8 Å². The molecule has 2 amide bonds. The number of nitrogens with zero attached hydrogens (tertiary/aromatic N) is 1. The molecular formula is C11H18N2O4S. The highest BCUT2D eigenvalue weighted by Gasteiger charge is 2.31. The van der Waals surface area contributed by atoms with Crippen LogP contribution in [0.2, 0.25) is 0 Å². The molecule has 2 heterocycles. The molecule has 1 atom stereocenters. The molecule has 0 aromatic carbocycles. The molecule has 2 fully saturated rings. The van der Waals surface area contributed by atoms with Gasteiger partial charge in [-0.3, -0.25) is 9.00 Å². The number of hydrogen-bond acceptors (Lipinski definition) is 3. The number of amides is 2. The number of carbonyl (C=O) groups excluding carboxylic acids is 1. The topological polar surface area (TPSA) is 86.7 Å². The van der Waals surface area contributed by atoms with E-state index in [1.165, 1.54) is 0 Å². The van der Waals surface area contributed by atoms with Crippen molar-refractivity contribution in [3.63, 3.8) is 0 Å². The standard InChI is InChI=1S/C11H18N2O4S/c14-10(15)8-1-4-13(7-8)11(16)12-9-2-5-18(17)6-3-9/h8-9H,1-7H2,(H,12,16)(H,14,15). The van der Waals surface area contributed by atoms with Gasteiger partial charge in [-0.05, 0) is 19.3 Å². The van der Waals surface area contributed by atoms with Gasteiger partial charge in [-0.25, -0.2) is 4.79 Å². The Morgan fingerprint density at radius 2 is 1.89 bits per heavy atom. The van der Waals surface area contributed by atoms with Gasteiger partial charge in [-0.15, -0.1) is 0 Å². The largest absolute Gasteiger partial charge is 0.481 e. The van der Waals surface area contributed by atoms with Gasteiger partial charge in [0.05, 0.1) is 5.92 Å². The van der Waals surface area contributed by atoms with Crippen molar-refractivity contribution in [3.8, 4) is 0 Å². The summed E-state index contributed by atoms with van der Waals surface area (Å²) >= 11 is 0. The molecule has 0 saturated carbocycles. The number of aliphatic carboxylic acids is 1. The van der Waals surface area contributed by atoms with Crippen molar-refractivity contribution in [1.82, 2.24) is 10.2 Å². The molecule has 2 saturated heterocycles. The van der Waals surface area contributed by atoms with Crippen LogP contribution in [0.25, 0.3) is 0 Å². The Kier molecular flexibility index (Phi) is 4.21. The molecule has 102 valence electrons. The highest BCUT2D eigenvalue weighted by molar-refractivity contribution is 7.85. The van der Waals surface area contributed by atoms with Gasteiger partial charge in [0.2, 0.25) is 0 Å². The molecule has 0 aliphatic carbocycles. The monoisotopic (exact) mass is 274 g/mol. The van der Waals surface area contributed by atoms with Gasteiger partial charge >= 0.3 is 12.0 Å². The van der Waals surface area contributed by atoms with E-state index in [0.717, 1.165) is 12.8 Å². The molecule has 0 bridgehead atoms. The number of hydrogen-bond donors (Lipinski definition) is 2. The van der Waals surface area contributed by atoms with E-state index < -0.39 is 22.7 Å². The van der Waals surface area contributed by atoms with Crippen LogP contribution in [-0.4, -0.2) is 56.9 Å². The first-order valence-electron chi connectivity index (χ1n) is 6.19. The number of urea groups is 1. The van der Waals surface area contributed by atoms with Crippen LogP contribution in [0, 0.1) is 5.92 Å². The van der Waals surface area contributed by atoms with Crippen molar-refractivity contribution in [2.24, 2.45) is 5.92 Å². The molecule has 0 radical (unpaired) electrons. The Balaban J connectivity index is 1.78. The van der Waals surface area contributed by atoms with Crippen molar-refractivity contribution < 1.29 is 18.9 Å². The number of carbonyl (C=O) groups is 2. The number of carboxylic acids is 1. The van der Waals surface area contributed by atoms with E-state index in [2.05, 4.69) is 5.32 Å². The van der Waals surface area contributed by atoms with E-state index >= 15 is 0 Å². The van der Waals surface area contributed by atoms with E-state index in [1.807, 2.05) is 0 Å². The van der Waals surface area contributed by atoms with Gasteiger partial charge in [0, 0.05) is 41.4 Å². The molecular weight excluding hydrogens is 256 g/mol. The summed E-state index contributed by atoms with van der Waals surface area (Å²) in [6.45, 7) is 0.793. The van der Waals surface area contributed by atoms with Crippen molar-refractivity contribution in [1.29, 1.82) is 0 Å². The van der Waals surface area contributed by atoms with E-state index in [9.17, 15) is 13.8 Å². The maximum Gasteiger partial charge on any atom is 0.317 e. The van der Waals surface area contributed by atoms with Crippen LogP contribution in [0.15, 0.2) is 0 Å². The van der Waals surface area contributed by atoms with Crippen molar-refractivity contribution in [2.45, 2.75) is 25.3 Å². The Morgan fingerprint density at radius 3 is 2.44 bits per heavy atom. The summed E-state index contributed by atoms with van der Waals surface area (Å²) in [6.07, 6.45) is 2.01. The molecule has 2 aliphatic heterocycles. The van der Waals surface area contributed by atoms with Crippen LogP contribution in [-0.2, 0) is 15.6 Å². The van der Waals surface area contributed by atoms with Crippen LogP contribution in [0.5, 0.6) is 0 Å². The highest BCUT2D eigenvalue weighted by atomic mass is 32.2. The molecule has 1 unspecified atom stereocenters. The van der Waals surface area contributed by atoms with E-state index in [0.29, 0.717) is 31.0 Å². The molecule has 18 heavy (non-hydrogen) atoms. The minimum Gasteiger partial charge on any atom is -0.481 e. The lowest BCUT2D eigenvalue weighted by atomic mass is 10.1. The van der Waals surface area contributed by atoms with Gasteiger partial charge in [-0.2, -0.15) is 0 Å². The fraction of sp³-hybridized carbons (Fsp3) is 0.818. The smallest absolute Gasteiger partial charge is 0.317 e. The zero-order chi connectivity index (χ0) is 13.1. The molecule has 7 heteroatoms. The van der Waals surface area contributed by atoms with Crippen LogP contribution >= 0.6 is 0 Å². The zero-order valence-electron chi connectivity index (χ0n) is 10.1. The molecule has 2 aliphatic rings. The van der Waals surface area contributed by atoms with E-state index in [-0.39, 0.29) is 12.1 Å². The summed E-state index contributed by atoms with van der Waals surface area (Å²) in [6, 6.07) is -0.101. The molecule has 2 N–H and O–H groups in total. The lowest BCUT2D eigenvalue weighted by Crippen LogP contribution is -2.46. The van der Waals surface area contributed by atoms with Crippen molar-refractivity contribution in [3.05, 3.63) is 0 Å². The van der Waals surface area contributed by atoms with Crippen LogP contribution in [0.1, 0.15) is 19.3 Å². The second kappa shape index (κ2) is 5.69. The number of carboxylic acid groups (broad SMARTS) is 1. The second-order valence-corrected chi connectivity index (χ2v) is 6.54. The van der Waals surface area contributed by atoms with Gasteiger partial charge in [0.15, 0.2) is 0 Å². The highest BCUT2D eigenvalue weighted by Crippen LogP contribution is 2.17. The third kappa shape index (κ3) is 3.22. The first kappa shape index (κ1) is 13.3. The predicted octanol–water partition coefficient (Wildman–Crippen LogP) is 0.0136. The second-order valence-electron chi connectivity index (χ2n) is 4.84. The van der Waals surface area contributed by atoms with Crippen LogP contribution < -0.4 is 5.32 Å². The Labute approximate surface area is 108 Å². The van der Waals surface area contributed by atoms with Gasteiger partial charge in [0.1, 0.15) is 0 Å². The summed E-state index contributed by atoms with van der Waals surface area (Å²) in [5.41, 5.74) is 0. The Hall–Kier alpha value is -1.11. The summed E-state index contributed by atoms with van der Waals surface area (Å²) in [4.78, 5) is 24.3. The maximum atomic E-state index is 11.9. The van der Waals surface area contributed by atoms with E-state index in [1.54, 1.807) is 4.90 Å². The third-order valence-corrected chi connectivity index (χ3v) is 4.92. The molecule has 0 aromatic heterocycles. The summed E-state index contributed by atoms with van der Waals surface area (Å²) in [7, 11) is -0.732. The first-order valence-corrected chi connectivity index (χ1v) is 7.68. The lowest BCUT2D eigenvalue weighted by Gasteiger charge is -2.25. The quantitative estimate of drug-likeness (QED) is 0.743. The summed E-state index contributed by atoms with van der Waals surface area (Å²) in [5.74, 6) is 0.0127. The number of likely N-dealkylation sites (tertiary alicyclic amines) is 1. The van der Waals surface area contributed by atoms with Crippen LogP contribution in [0.4, 0.5) is 4.79 Å². The first-order chi connectivity index (χ1) is 8.56. The number of nitrogens with one attached hydrogen (secondary N) is 1. The minimum atomic E-state index is -0.835. The third-order valence-electron chi connectivity index (χ3n) is 3.54. The van der Waals surface area contributed by atoms with Gasteiger partial charge in [0.25, 0.3) is 0 Å². The normalized spacial score (nSPS) is 32.2. The number of rotatable bonds is 2. The minimum absolute atomic E-state index is 0.0825. The summed E-state index contributed by atoms with van der Waals surface area (Å²) < 4.78 is 11.2. The fourth-order valence-corrected chi connectivity index (χ4v) is 3.65. The van der Waals surface area contributed by atoms with Crippen LogP contribution in [0.3, 0.4) is 0 Å². The molecule has 0 spiro atoms. The fourth-order valence-electron chi connectivity index (χ4n) is 2.35. The molecule has 0 aromatic rings. The predicted molar refractivity (Wildman–Crippen MR) is 66.7 cm³/mol. The zero-order valence-corrected chi connectivity index (χ0v) is 10.9. The van der Waals surface area contributed by atoms with Gasteiger partial charge < -0.3 is 15.3 Å². The molecule has 2 rings (SSSR count). The van der Waals surface area contributed by atoms with Crippen molar-refractivity contribution in [2.75, 3.05) is 24.6 Å². The van der Waals surface area contributed by atoms with E-state index in [4.69, 9.17) is 5.11 Å². The maximum absolute atomic E-state index is 11.9. The SMILES string of the molecule is O=C(O)C1CCN(C(=O)NC2CCS(=O)CC2)C1. The molecule has 6 nitrogen and oxygen atoms in total. The average molecular weight is 274 g/mol. The Morgan fingerprint density at radius 1 is 1.22 bits per heavy atom. The summed E-state index contributed by atoms with van der Waals surface area (Å²) in [5, 5.41) is 11.8.